The van der Waals surface area contributed by atoms with Gasteiger partial charge in [0.2, 0.25) is 7.37 Å². The summed E-state index contributed by atoms with van der Waals surface area (Å²) in [5, 5.41) is 4.91. The first-order valence-electron chi connectivity index (χ1n) is 14.1. The van der Waals surface area contributed by atoms with E-state index >= 15 is 0 Å². The fourth-order valence-corrected chi connectivity index (χ4v) is 8.28. The maximum atomic E-state index is 14.8. The minimum atomic E-state index is -4.85. The topological polar surface area (TPSA) is 97.9 Å². The molecule has 3 fully saturated rings. The minimum Gasteiger partial charge on any atom is -0.405 e. The maximum absolute atomic E-state index is 14.8. The number of aromatic nitrogens is 2. The summed E-state index contributed by atoms with van der Waals surface area (Å²) < 4.78 is 83.2. The Balaban J connectivity index is 1.10. The van der Waals surface area contributed by atoms with Crippen molar-refractivity contribution in [3.8, 4) is 17.0 Å². The third kappa shape index (κ3) is 5.68. The van der Waals surface area contributed by atoms with Crippen molar-refractivity contribution in [2.24, 2.45) is 0 Å². The van der Waals surface area contributed by atoms with Crippen LogP contribution in [0.15, 0.2) is 40.9 Å². The van der Waals surface area contributed by atoms with Crippen LogP contribution >= 0.6 is 18.7 Å². The Morgan fingerprint density at radius 2 is 1.86 bits per heavy atom. The van der Waals surface area contributed by atoms with E-state index < -0.39 is 19.5 Å². The van der Waals surface area contributed by atoms with E-state index in [-0.39, 0.29) is 58.5 Å². The van der Waals surface area contributed by atoms with Crippen LogP contribution in [0.3, 0.4) is 0 Å². The van der Waals surface area contributed by atoms with Gasteiger partial charge >= 0.3 is 6.36 Å². The first-order chi connectivity index (χ1) is 20.4. The molecule has 2 saturated heterocycles. The zero-order valence-electron chi connectivity index (χ0n) is 23.0. The number of fused-ring (bicyclic) bond motifs is 3. The average Bonchev–Trinajstić information content (AvgIpc) is 3.44. The van der Waals surface area contributed by atoms with E-state index in [1.807, 2.05) is 0 Å². The molecule has 228 valence electrons. The van der Waals surface area contributed by atoms with Crippen LogP contribution in [0.5, 0.6) is 5.75 Å². The highest BCUT2D eigenvalue weighted by molar-refractivity contribution is 7.65. The van der Waals surface area contributed by atoms with Crippen LogP contribution in [0.2, 0.25) is 0 Å². The predicted octanol–water partition coefficient (Wildman–Crippen LogP) is 7.11. The third-order valence-electron chi connectivity index (χ3n) is 8.41. The molecule has 2 aromatic heterocycles. The average molecular weight is 638 g/mol. The second-order valence-corrected chi connectivity index (χ2v) is 14.8. The predicted molar refractivity (Wildman–Crippen MR) is 153 cm³/mol. The summed E-state index contributed by atoms with van der Waals surface area (Å²) in [5.74, 6) is -0.151. The molecule has 1 N–H and O–H groups in total. The molecule has 2 aromatic carbocycles. The first kappa shape index (κ1) is 28.8. The normalized spacial score (nSPS) is 23.6. The van der Waals surface area contributed by atoms with Gasteiger partial charge in [0.1, 0.15) is 22.7 Å². The summed E-state index contributed by atoms with van der Waals surface area (Å²) in [4.78, 5) is 16.7. The Labute approximate surface area is 248 Å². The molecule has 4 heterocycles. The number of hydrogen-bond donors (Lipinski definition) is 1. The van der Waals surface area contributed by atoms with Crippen molar-refractivity contribution >= 4 is 39.4 Å². The second-order valence-electron chi connectivity index (χ2n) is 11.5. The Morgan fingerprint density at radius 1 is 1.14 bits per heavy atom. The Bertz CT molecular complexity index is 1720. The number of hydrogen-bond acceptors (Lipinski definition) is 8. The summed E-state index contributed by atoms with van der Waals surface area (Å²) in [5.41, 5.74) is 1.32. The van der Waals surface area contributed by atoms with Crippen molar-refractivity contribution in [3.63, 3.8) is 0 Å². The molecule has 3 aliphatic rings. The van der Waals surface area contributed by atoms with Crippen molar-refractivity contribution < 1.29 is 41.0 Å². The number of alkyl halides is 3. The highest BCUT2D eigenvalue weighted by atomic mass is 32.1. The van der Waals surface area contributed by atoms with Crippen LogP contribution in [0.25, 0.3) is 21.5 Å². The van der Waals surface area contributed by atoms with Gasteiger partial charge in [0.25, 0.3) is 0 Å². The smallest absolute Gasteiger partial charge is 0.405 e. The quantitative estimate of drug-likeness (QED) is 0.161. The highest BCUT2D eigenvalue weighted by Gasteiger charge is 2.43. The van der Waals surface area contributed by atoms with E-state index in [1.165, 1.54) is 36.2 Å². The Kier molecular flexibility index (Phi) is 7.07. The fourth-order valence-electron chi connectivity index (χ4n) is 6.31. The number of piperidine rings is 1. The molecule has 0 spiro atoms. The van der Waals surface area contributed by atoms with Crippen molar-refractivity contribution in [3.05, 3.63) is 53.5 Å². The van der Waals surface area contributed by atoms with Crippen LogP contribution < -0.4 is 14.9 Å². The summed E-state index contributed by atoms with van der Waals surface area (Å²) >= 11 is 1.31. The minimum absolute atomic E-state index is 0.0639. The molecule has 1 aliphatic carbocycles. The summed E-state index contributed by atoms with van der Waals surface area (Å²) in [7, 11) is -3.62. The van der Waals surface area contributed by atoms with Gasteiger partial charge in [0, 0.05) is 41.1 Å². The van der Waals surface area contributed by atoms with Crippen molar-refractivity contribution in [2.45, 2.75) is 75.6 Å². The van der Waals surface area contributed by atoms with Crippen LogP contribution in [-0.4, -0.2) is 46.2 Å². The van der Waals surface area contributed by atoms with Gasteiger partial charge in [0.15, 0.2) is 10.9 Å². The molecular weight excluding hydrogens is 609 g/mol. The number of benzene rings is 2. The number of ether oxygens (including phenoxy) is 2. The molecule has 1 saturated carbocycles. The standard InChI is InChI=1S/C29H28F4N3O5PS/c1-42(37,38)19-12-22(30)26-24(13-19)43-28(34-26)36-16-8-9-17(36)11-18(10-16)39-14-21-25(35-41-27(21)15-6-7-15)20-4-2-3-5-23(20)40-29(31,32)33/h2-5,12-13,15-18H,6-11,14H2,1H3,(H,37,38). The number of halogens is 4. The maximum Gasteiger partial charge on any atom is 0.573 e. The zero-order valence-corrected chi connectivity index (χ0v) is 24.7. The molecule has 2 bridgehead atoms. The van der Waals surface area contributed by atoms with E-state index in [0.717, 1.165) is 31.7 Å². The van der Waals surface area contributed by atoms with Crippen LogP contribution in [0.4, 0.5) is 22.7 Å². The lowest BCUT2D eigenvalue weighted by Gasteiger charge is -2.38. The molecule has 0 amide bonds. The summed E-state index contributed by atoms with van der Waals surface area (Å²) in [6.45, 7) is 1.33. The van der Waals surface area contributed by atoms with Gasteiger partial charge in [-0.25, -0.2) is 9.37 Å². The monoisotopic (exact) mass is 637 g/mol. The molecule has 0 radical (unpaired) electrons. The molecule has 3 unspecified atom stereocenters. The van der Waals surface area contributed by atoms with E-state index in [9.17, 15) is 27.0 Å². The number of anilines is 1. The van der Waals surface area contributed by atoms with Crippen LogP contribution in [0.1, 0.15) is 55.8 Å². The SMILES string of the molecule is CP(=O)(O)c1cc(F)c2nc(N3C4CCC3CC(OCc3c(-c5ccccc5OC(F)(F)F)noc3C3CC3)C4)sc2c1. The molecule has 4 aromatic rings. The van der Waals surface area contributed by atoms with E-state index in [0.29, 0.717) is 34.0 Å². The summed E-state index contributed by atoms with van der Waals surface area (Å²) in [6.07, 6.45) is 0.126. The van der Waals surface area contributed by atoms with Crippen molar-refractivity contribution in [1.82, 2.24) is 10.1 Å². The molecule has 2 aliphatic heterocycles. The van der Waals surface area contributed by atoms with Gasteiger partial charge in [-0.3, -0.25) is 4.57 Å². The summed E-state index contributed by atoms with van der Waals surface area (Å²) in [6, 6.07) is 8.75. The van der Waals surface area contributed by atoms with Gasteiger partial charge in [-0.2, -0.15) is 0 Å². The van der Waals surface area contributed by atoms with Crippen molar-refractivity contribution in [1.29, 1.82) is 0 Å². The Hall–Kier alpha value is -2.99. The van der Waals surface area contributed by atoms with Gasteiger partial charge in [-0.15, -0.1) is 13.2 Å². The highest BCUT2D eigenvalue weighted by Crippen LogP contribution is 2.47. The molecule has 43 heavy (non-hydrogen) atoms. The molecular formula is C29H28F4N3O5PS. The number of thiazole rings is 1. The van der Waals surface area contributed by atoms with Gasteiger partial charge < -0.3 is 23.8 Å². The second kappa shape index (κ2) is 10.6. The largest absolute Gasteiger partial charge is 0.573 e. The molecule has 3 atom stereocenters. The lowest BCUT2D eigenvalue weighted by atomic mass is 10.00. The van der Waals surface area contributed by atoms with Gasteiger partial charge in [-0.1, -0.05) is 28.6 Å². The van der Waals surface area contributed by atoms with E-state index in [1.54, 1.807) is 12.1 Å². The van der Waals surface area contributed by atoms with Gasteiger partial charge in [0.05, 0.1) is 17.4 Å². The fraction of sp³-hybridized carbons (Fsp3) is 0.448. The Morgan fingerprint density at radius 3 is 2.53 bits per heavy atom. The number of nitrogens with zero attached hydrogens (tertiary/aromatic N) is 3. The lowest BCUT2D eigenvalue weighted by Crippen LogP contribution is -2.45. The lowest BCUT2D eigenvalue weighted by molar-refractivity contribution is -0.274. The number of para-hydroxylation sites is 1. The first-order valence-corrected chi connectivity index (χ1v) is 17.0. The van der Waals surface area contributed by atoms with E-state index in [2.05, 4.69) is 19.8 Å². The van der Waals surface area contributed by atoms with E-state index in [4.69, 9.17) is 9.26 Å². The molecule has 8 nitrogen and oxygen atoms in total. The number of rotatable bonds is 8. The molecule has 14 heteroatoms. The van der Waals surface area contributed by atoms with Crippen LogP contribution in [0, 0.1) is 5.82 Å². The van der Waals surface area contributed by atoms with Crippen LogP contribution in [-0.2, 0) is 15.9 Å². The van der Waals surface area contributed by atoms with Crippen molar-refractivity contribution in [2.75, 3.05) is 11.6 Å². The zero-order chi connectivity index (χ0) is 30.1. The molecule has 7 rings (SSSR count). The van der Waals surface area contributed by atoms with Gasteiger partial charge in [-0.05, 0) is 62.8 Å². The third-order valence-corrected chi connectivity index (χ3v) is 10.6.